The summed E-state index contributed by atoms with van der Waals surface area (Å²) in [6, 6.07) is 8.05. The average molecular weight is 264 g/mol. The van der Waals surface area contributed by atoms with Gasteiger partial charge in [-0.25, -0.2) is 0 Å². The second-order valence-electron chi connectivity index (χ2n) is 5.71. The summed E-state index contributed by atoms with van der Waals surface area (Å²) >= 11 is 0. The molecule has 0 spiro atoms. The number of hydrogen-bond donors (Lipinski definition) is 0. The van der Waals surface area contributed by atoms with Crippen molar-refractivity contribution in [3.8, 4) is 5.75 Å². The fraction of sp³-hybridized carbons (Fsp3) is 0.600. The van der Waals surface area contributed by atoms with Crippen LogP contribution in [-0.2, 0) is 20.8 Å². The molecule has 3 rings (SSSR count). The van der Waals surface area contributed by atoms with Crippen molar-refractivity contribution in [2.45, 2.75) is 19.6 Å². The lowest BCUT2D eigenvalue weighted by Gasteiger charge is -2.37. The Morgan fingerprint density at radius 1 is 1.37 bits per heavy atom. The Labute approximate surface area is 113 Å². The van der Waals surface area contributed by atoms with E-state index in [-0.39, 0.29) is 5.41 Å². The molecule has 0 aliphatic carbocycles. The van der Waals surface area contributed by atoms with Gasteiger partial charge in [-0.3, -0.25) is 0 Å². The smallest absolute Gasteiger partial charge is 0.119 e. The molecule has 1 aromatic carbocycles. The minimum Gasteiger partial charge on any atom is -0.491 e. The van der Waals surface area contributed by atoms with Crippen LogP contribution in [0.15, 0.2) is 24.3 Å². The zero-order chi connectivity index (χ0) is 13.1. The van der Waals surface area contributed by atoms with E-state index in [1.165, 1.54) is 0 Å². The number of epoxide rings is 1. The molecular weight excluding hydrogens is 244 g/mol. The van der Waals surface area contributed by atoms with Crippen molar-refractivity contribution < 1.29 is 18.9 Å². The van der Waals surface area contributed by atoms with Crippen molar-refractivity contribution in [3.63, 3.8) is 0 Å². The van der Waals surface area contributed by atoms with Gasteiger partial charge in [0.15, 0.2) is 0 Å². The van der Waals surface area contributed by atoms with E-state index in [4.69, 9.17) is 18.9 Å². The summed E-state index contributed by atoms with van der Waals surface area (Å²) in [7, 11) is 0. The van der Waals surface area contributed by atoms with Crippen LogP contribution in [0.2, 0.25) is 0 Å². The Kier molecular flexibility index (Phi) is 3.73. The van der Waals surface area contributed by atoms with Crippen LogP contribution >= 0.6 is 0 Å². The molecule has 2 aliphatic heterocycles. The van der Waals surface area contributed by atoms with Crippen LogP contribution in [0.1, 0.15) is 12.5 Å². The zero-order valence-electron chi connectivity index (χ0n) is 11.3. The highest BCUT2D eigenvalue weighted by molar-refractivity contribution is 5.28. The summed E-state index contributed by atoms with van der Waals surface area (Å²) in [5.41, 5.74) is 1.34. The molecule has 1 atom stereocenters. The molecule has 0 saturated carbocycles. The van der Waals surface area contributed by atoms with Gasteiger partial charge in [0.1, 0.15) is 18.5 Å². The number of benzene rings is 1. The van der Waals surface area contributed by atoms with Gasteiger partial charge in [0, 0.05) is 5.41 Å². The standard InChI is InChI=1S/C15H20O4/c1-15(10-17-11-15)9-16-6-12-3-2-4-13(5-12)18-7-14-8-19-14/h2-5,14H,6-11H2,1H3. The molecule has 1 unspecified atom stereocenters. The number of rotatable bonds is 7. The van der Waals surface area contributed by atoms with E-state index in [0.717, 1.165) is 37.7 Å². The lowest BCUT2D eigenvalue weighted by Crippen LogP contribution is -2.43. The Balaban J connectivity index is 1.45. The van der Waals surface area contributed by atoms with E-state index < -0.39 is 0 Å². The van der Waals surface area contributed by atoms with Crippen molar-refractivity contribution in [1.82, 2.24) is 0 Å². The van der Waals surface area contributed by atoms with Crippen LogP contribution in [0.4, 0.5) is 0 Å². The first-order valence-corrected chi connectivity index (χ1v) is 6.72. The Morgan fingerprint density at radius 3 is 2.89 bits per heavy atom. The van der Waals surface area contributed by atoms with Crippen LogP contribution in [-0.4, -0.2) is 39.1 Å². The average Bonchev–Trinajstić information content (AvgIpc) is 3.19. The van der Waals surface area contributed by atoms with E-state index >= 15 is 0 Å². The first-order valence-electron chi connectivity index (χ1n) is 6.72. The summed E-state index contributed by atoms with van der Waals surface area (Å²) in [5.74, 6) is 0.884. The Bertz CT molecular complexity index is 424. The van der Waals surface area contributed by atoms with E-state index in [0.29, 0.717) is 19.3 Å². The highest BCUT2D eigenvalue weighted by Gasteiger charge is 2.33. The molecule has 0 N–H and O–H groups in total. The summed E-state index contributed by atoms with van der Waals surface area (Å²) in [5, 5.41) is 0. The molecule has 2 fully saturated rings. The van der Waals surface area contributed by atoms with Gasteiger partial charge < -0.3 is 18.9 Å². The first-order chi connectivity index (χ1) is 9.23. The van der Waals surface area contributed by atoms with Crippen molar-refractivity contribution in [1.29, 1.82) is 0 Å². The molecule has 2 heterocycles. The van der Waals surface area contributed by atoms with Crippen LogP contribution in [0.25, 0.3) is 0 Å². The molecule has 2 saturated heterocycles. The second kappa shape index (κ2) is 5.49. The second-order valence-corrected chi connectivity index (χ2v) is 5.71. The first kappa shape index (κ1) is 12.9. The van der Waals surface area contributed by atoms with Crippen LogP contribution in [0.3, 0.4) is 0 Å². The van der Waals surface area contributed by atoms with E-state index in [9.17, 15) is 0 Å². The monoisotopic (exact) mass is 264 g/mol. The Morgan fingerprint density at radius 2 is 2.21 bits per heavy atom. The number of ether oxygens (including phenoxy) is 4. The predicted molar refractivity (Wildman–Crippen MR) is 70.3 cm³/mol. The predicted octanol–water partition coefficient (Wildman–Crippen LogP) is 2.02. The summed E-state index contributed by atoms with van der Waals surface area (Å²) < 4.78 is 21.7. The molecule has 0 amide bonds. The van der Waals surface area contributed by atoms with E-state index in [1.807, 2.05) is 18.2 Å². The molecule has 19 heavy (non-hydrogen) atoms. The summed E-state index contributed by atoms with van der Waals surface area (Å²) in [4.78, 5) is 0. The van der Waals surface area contributed by atoms with Gasteiger partial charge in [0.25, 0.3) is 0 Å². The van der Waals surface area contributed by atoms with Gasteiger partial charge in [-0.2, -0.15) is 0 Å². The normalized spacial score (nSPS) is 23.7. The van der Waals surface area contributed by atoms with E-state index in [1.54, 1.807) is 0 Å². The van der Waals surface area contributed by atoms with Crippen molar-refractivity contribution in [2.24, 2.45) is 5.41 Å². The van der Waals surface area contributed by atoms with Gasteiger partial charge >= 0.3 is 0 Å². The Hall–Kier alpha value is -1.10. The lowest BCUT2D eigenvalue weighted by atomic mass is 9.90. The molecule has 104 valence electrons. The van der Waals surface area contributed by atoms with Gasteiger partial charge in [0.2, 0.25) is 0 Å². The lowest BCUT2D eigenvalue weighted by molar-refractivity contribution is -0.140. The zero-order valence-corrected chi connectivity index (χ0v) is 11.3. The number of hydrogen-bond acceptors (Lipinski definition) is 4. The molecule has 2 aliphatic rings. The highest BCUT2D eigenvalue weighted by Crippen LogP contribution is 2.27. The maximum Gasteiger partial charge on any atom is 0.119 e. The van der Waals surface area contributed by atoms with Gasteiger partial charge in [0.05, 0.1) is 33.0 Å². The molecule has 0 aromatic heterocycles. The van der Waals surface area contributed by atoms with Crippen molar-refractivity contribution in [2.75, 3.05) is 33.0 Å². The molecule has 4 nitrogen and oxygen atoms in total. The third kappa shape index (κ3) is 3.69. The van der Waals surface area contributed by atoms with Gasteiger partial charge in [-0.1, -0.05) is 19.1 Å². The quantitative estimate of drug-likeness (QED) is 0.706. The maximum absolute atomic E-state index is 5.76. The van der Waals surface area contributed by atoms with Crippen LogP contribution in [0.5, 0.6) is 5.75 Å². The van der Waals surface area contributed by atoms with Crippen LogP contribution < -0.4 is 4.74 Å². The molecule has 1 aromatic rings. The molecule has 0 radical (unpaired) electrons. The summed E-state index contributed by atoms with van der Waals surface area (Å²) in [6.45, 7) is 6.62. The molecule has 0 bridgehead atoms. The van der Waals surface area contributed by atoms with Crippen LogP contribution in [0, 0.1) is 5.41 Å². The highest BCUT2D eigenvalue weighted by atomic mass is 16.6. The minimum absolute atomic E-state index is 0.206. The minimum atomic E-state index is 0.206. The molecule has 4 heteroatoms. The SMILES string of the molecule is CC1(COCc2cccc(OCC3CO3)c2)COC1. The van der Waals surface area contributed by atoms with Crippen molar-refractivity contribution >= 4 is 0 Å². The van der Waals surface area contributed by atoms with Crippen molar-refractivity contribution in [3.05, 3.63) is 29.8 Å². The fourth-order valence-corrected chi connectivity index (χ4v) is 2.03. The largest absolute Gasteiger partial charge is 0.491 e. The third-order valence-corrected chi connectivity index (χ3v) is 3.36. The van der Waals surface area contributed by atoms with E-state index in [2.05, 4.69) is 13.0 Å². The summed E-state index contributed by atoms with van der Waals surface area (Å²) in [6.07, 6.45) is 0.290. The molecular formula is C15H20O4. The van der Waals surface area contributed by atoms with Gasteiger partial charge in [-0.05, 0) is 17.7 Å². The van der Waals surface area contributed by atoms with Gasteiger partial charge in [-0.15, -0.1) is 0 Å². The topological polar surface area (TPSA) is 40.2 Å². The maximum atomic E-state index is 5.76. The fourth-order valence-electron chi connectivity index (χ4n) is 2.03. The third-order valence-electron chi connectivity index (χ3n) is 3.36.